The van der Waals surface area contributed by atoms with Gasteiger partial charge in [-0.2, -0.15) is 8.78 Å². The summed E-state index contributed by atoms with van der Waals surface area (Å²) in [4.78, 5) is 0. The third-order valence-electron chi connectivity index (χ3n) is 5.31. The van der Waals surface area contributed by atoms with Crippen LogP contribution in [0.1, 0.15) is 34.7 Å². The smallest absolute Gasteiger partial charge is 0.429 e. The van der Waals surface area contributed by atoms with Crippen molar-refractivity contribution in [3.05, 3.63) is 130 Å². The SMILES string of the molecule is CCOc1ccc(C#Cc2ccc(C(F)(F)Oc3ccc(C#Cc4cc(F)c(F)c(F)c4)c(F)c3)c(F)c2)cc1. The van der Waals surface area contributed by atoms with Crippen molar-refractivity contribution in [1.82, 2.24) is 0 Å². The predicted octanol–water partition coefficient (Wildman–Crippen LogP) is 7.71. The maximum Gasteiger partial charge on any atom is 0.429 e. The molecule has 0 aliphatic carbocycles. The molecule has 202 valence electrons. The van der Waals surface area contributed by atoms with Crippen molar-refractivity contribution in [1.29, 1.82) is 0 Å². The summed E-state index contributed by atoms with van der Waals surface area (Å²) in [6.45, 7) is 2.35. The van der Waals surface area contributed by atoms with Crippen molar-refractivity contribution < 1.29 is 40.2 Å². The molecule has 0 aliphatic rings. The molecule has 0 unspecified atom stereocenters. The van der Waals surface area contributed by atoms with E-state index in [1.165, 1.54) is 6.07 Å². The van der Waals surface area contributed by atoms with E-state index >= 15 is 0 Å². The number of hydrogen-bond acceptors (Lipinski definition) is 2. The maximum atomic E-state index is 14.7. The minimum atomic E-state index is -4.17. The van der Waals surface area contributed by atoms with Crippen LogP contribution in [0, 0.1) is 52.8 Å². The molecule has 0 saturated heterocycles. The second-order valence-electron chi connectivity index (χ2n) is 8.17. The van der Waals surface area contributed by atoms with Gasteiger partial charge in [0.05, 0.1) is 12.2 Å². The summed E-state index contributed by atoms with van der Waals surface area (Å²) < 4.78 is 108. The van der Waals surface area contributed by atoms with E-state index in [0.29, 0.717) is 36.1 Å². The summed E-state index contributed by atoms with van der Waals surface area (Å²) in [7, 11) is 0. The van der Waals surface area contributed by atoms with Gasteiger partial charge in [-0.25, -0.2) is 22.0 Å². The Hall–Kier alpha value is -4.89. The predicted molar refractivity (Wildman–Crippen MR) is 133 cm³/mol. The van der Waals surface area contributed by atoms with Crippen LogP contribution < -0.4 is 9.47 Å². The van der Waals surface area contributed by atoms with Crippen molar-refractivity contribution in [2.75, 3.05) is 6.61 Å². The van der Waals surface area contributed by atoms with Gasteiger partial charge in [-0.1, -0.05) is 23.7 Å². The molecule has 0 saturated carbocycles. The molecule has 0 bridgehead atoms. The standard InChI is InChI=1S/C31H17F7O2/c1-2-39-23-11-6-19(7-12-23)3-4-20-8-14-25(27(33)15-20)31(37,38)40-24-13-10-22(26(32)18-24)9-5-21-16-28(34)30(36)29(35)17-21/h6-8,10-18H,2H2,1H3. The molecule has 0 amide bonds. The lowest BCUT2D eigenvalue weighted by atomic mass is 10.1. The molecular formula is C31H17F7O2. The van der Waals surface area contributed by atoms with E-state index in [1.807, 2.05) is 6.92 Å². The molecule has 0 radical (unpaired) electrons. The van der Waals surface area contributed by atoms with Crippen LogP contribution in [0.5, 0.6) is 11.5 Å². The molecule has 0 atom stereocenters. The minimum absolute atomic E-state index is 0.140. The number of benzene rings is 4. The molecule has 0 aliphatic heterocycles. The largest absolute Gasteiger partial charge is 0.494 e. The van der Waals surface area contributed by atoms with Gasteiger partial charge in [-0.3, -0.25) is 0 Å². The van der Waals surface area contributed by atoms with Crippen LogP contribution in [0.25, 0.3) is 0 Å². The minimum Gasteiger partial charge on any atom is -0.494 e. The van der Waals surface area contributed by atoms with Crippen molar-refractivity contribution in [2.45, 2.75) is 13.0 Å². The van der Waals surface area contributed by atoms with Crippen molar-refractivity contribution in [3.63, 3.8) is 0 Å². The van der Waals surface area contributed by atoms with E-state index in [2.05, 4.69) is 28.4 Å². The van der Waals surface area contributed by atoms with E-state index in [0.717, 1.165) is 24.3 Å². The summed E-state index contributed by atoms with van der Waals surface area (Å²) in [6.07, 6.45) is -4.17. The zero-order valence-electron chi connectivity index (χ0n) is 20.6. The van der Waals surface area contributed by atoms with Crippen LogP contribution in [0.3, 0.4) is 0 Å². The maximum absolute atomic E-state index is 14.7. The number of halogens is 7. The third kappa shape index (κ3) is 6.75. The Kier molecular flexibility index (Phi) is 8.35. The Labute approximate surface area is 225 Å². The van der Waals surface area contributed by atoms with Gasteiger partial charge in [-0.15, -0.1) is 0 Å². The molecule has 2 nitrogen and oxygen atoms in total. The quantitative estimate of drug-likeness (QED) is 0.143. The Morgan fingerprint density at radius 1 is 0.600 bits per heavy atom. The lowest BCUT2D eigenvalue weighted by Crippen LogP contribution is -2.23. The molecule has 4 aromatic carbocycles. The average molecular weight is 554 g/mol. The normalized spacial score (nSPS) is 10.7. The Morgan fingerprint density at radius 2 is 1.18 bits per heavy atom. The third-order valence-corrected chi connectivity index (χ3v) is 5.31. The number of ether oxygens (including phenoxy) is 2. The Bertz CT molecular complexity index is 1650. The first-order valence-electron chi connectivity index (χ1n) is 11.6. The van der Waals surface area contributed by atoms with Gasteiger partial charge < -0.3 is 9.47 Å². The zero-order valence-corrected chi connectivity index (χ0v) is 20.6. The second-order valence-corrected chi connectivity index (χ2v) is 8.17. The highest BCUT2D eigenvalue weighted by atomic mass is 19.3. The molecule has 4 rings (SSSR count). The summed E-state index contributed by atoms with van der Waals surface area (Å²) in [6, 6.07) is 13.4. The van der Waals surface area contributed by atoms with Crippen molar-refractivity contribution in [3.8, 4) is 35.2 Å². The molecule has 0 spiro atoms. The molecule has 0 fully saturated rings. The molecule has 0 aromatic heterocycles. The summed E-state index contributed by atoms with van der Waals surface area (Å²) in [5, 5.41) is 0. The summed E-state index contributed by atoms with van der Waals surface area (Å²) in [5.41, 5.74) is -0.938. The van der Waals surface area contributed by atoms with E-state index in [-0.39, 0.29) is 16.7 Å². The van der Waals surface area contributed by atoms with Crippen LogP contribution in [0.4, 0.5) is 30.7 Å². The fraction of sp³-hybridized carbons (Fsp3) is 0.0968. The lowest BCUT2D eigenvalue weighted by molar-refractivity contribution is -0.187. The number of alkyl halides is 2. The summed E-state index contributed by atoms with van der Waals surface area (Å²) in [5.74, 6) is 3.02. The van der Waals surface area contributed by atoms with Gasteiger partial charge in [0.1, 0.15) is 28.7 Å². The average Bonchev–Trinajstić information content (AvgIpc) is 2.90. The molecule has 0 N–H and O–H groups in total. The van der Waals surface area contributed by atoms with E-state index in [4.69, 9.17) is 4.74 Å². The van der Waals surface area contributed by atoms with Crippen molar-refractivity contribution in [2.24, 2.45) is 0 Å². The summed E-state index contributed by atoms with van der Waals surface area (Å²) >= 11 is 0. The van der Waals surface area contributed by atoms with Gasteiger partial charge in [0.2, 0.25) is 0 Å². The van der Waals surface area contributed by atoms with Gasteiger partial charge in [0, 0.05) is 22.8 Å². The van der Waals surface area contributed by atoms with Crippen LogP contribution in [-0.4, -0.2) is 6.61 Å². The topological polar surface area (TPSA) is 18.5 Å². The van der Waals surface area contributed by atoms with Gasteiger partial charge in [-0.05, 0) is 73.7 Å². The number of hydrogen-bond donors (Lipinski definition) is 0. The highest BCUT2D eigenvalue weighted by Crippen LogP contribution is 2.34. The lowest BCUT2D eigenvalue weighted by Gasteiger charge is -2.19. The fourth-order valence-corrected chi connectivity index (χ4v) is 3.41. The Morgan fingerprint density at radius 3 is 1.80 bits per heavy atom. The Balaban J connectivity index is 1.48. The molecule has 0 heterocycles. The first-order chi connectivity index (χ1) is 19.1. The molecule has 40 heavy (non-hydrogen) atoms. The number of rotatable bonds is 5. The molecule has 4 aromatic rings. The zero-order chi connectivity index (χ0) is 28.9. The fourth-order valence-electron chi connectivity index (χ4n) is 3.41. The first-order valence-corrected chi connectivity index (χ1v) is 11.6. The van der Waals surface area contributed by atoms with Crippen LogP contribution in [-0.2, 0) is 6.11 Å². The van der Waals surface area contributed by atoms with Crippen LogP contribution >= 0.6 is 0 Å². The molecular weight excluding hydrogens is 537 g/mol. The van der Waals surface area contributed by atoms with Crippen LogP contribution in [0.2, 0.25) is 0 Å². The van der Waals surface area contributed by atoms with E-state index in [1.54, 1.807) is 24.3 Å². The van der Waals surface area contributed by atoms with Gasteiger partial charge in [0.25, 0.3) is 0 Å². The van der Waals surface area contributed by atoms with E-state index < -0.39 is 46.5 Å². The highest BCUT2D eigenvalue weighted by Gasteiger charge is 2.37. The first kappa shape index (κ1) is 28.1. The highest BCUT2D eigenvalue weighted by molar-refractivity contribution is 5.47. The van der Waals surface area contributed by atoms with Gasteiger partial charge >= 0.3 is 6.11 Å². The molecule has 9 heteroatoms. The van der Waals surface area contributed by atoms with Crippen molar-refractivity contribution >= 4 is 0 Å². The van der Waals surface area contributed by atoms with E-state index in [9.17, 15) is 30.7 Å². The van der Waals surface area contributed by atoms with Crippen LogP contribution in [0.15, 0.2) is 72.8 Å². The monoisotopic (exact) mass is 554 g/mol. The second kappa shape index (κ2) is 11.9. The van der Waals surface area contributed by atoms with Gasteiger partial charge in [0.15, 0.2) is 17.5 Å².